The van der Waals surface area contributed by atoms with E-state index in [9.17, 15) is 55.1 Å². The number of halogens is 6. The van der Waals surface area contributed by atoms with E-state index < -0.39 is 144 Å². The monoisotopic (exact) mass is 972 g/mol. The van der Waals surface area contributed by atoms with Crippen molar-refractivity contribution in [2.24, 2.45) is 0 Å². The molecule has 0 bridgehead atoms. The first-order valence-corrected chi connectivity index (χ1v) is 20.6. The molecule has 2 aliphatic heterocycles. The molecule has 0 amide bonds. The van der Waals surface area contributed by atoms with Gasteiger partial charge in [0.05, 0.1) is 12.4 Å². The van der Waals surface area contributed by atoms with Gasteiger partial charge in [0.2, 0.25) is 0 Å². The minimum Gasteiger partial charge on any atom is -0.463 e. The molecule has 4 heterocycles. The maximum absolute atomic E-state index is 14.4. The summed E-state index contributed by atoms with van der Waals surface area (Å²) >= 11 is 0.608. The van der Waals surface area contributed by atoms with Gasteiger partial charge in [-0.05, 0) is 24.3 Å². The van der Waals surface area contributed by atoms with Crippen LogP contribution in [0.15, 0.2) is 36.7 Å². The molecule has 0 spiro atoms. The van der Waals surface area contributed by atoms with Gasteiger partial charge in [0.1, 0.15) is 59.8 Å². The third-order valence-electron chi connectivity index (χ3n) is 9.80. The molecule has 2 aromatic carbocycles. The lowest BCUT2D eigenvalue weighted by Gasteiger charge is -2.48. The number of rotatable bonds is 14. The van der Waals surface area contributed by atoms with Gasteiger partial charge in [-0.15, -0.1) is 10.2 Å². The van der Waals surface area contributed by atoms with Gasteiger partial charge in [0.15, 0.2) is 59.3 Å². The number of hydrogen-bond donors (Lipinski definition) is 0. The predicted molar refractivity (Wildman–Crippen MR) is 209 cm³/mol. The van der Waals surface area contributed by atoms with Crippen LogP contribution in [-0.4, -0.2) is 127 Å². The van der Waals surface area contributed by atoms with Crippen LogP contribution in [0.2, 0.25) is 0 Å². The number of carbonyl (C=O) groups excluding carboxylic acids is 6. The number of carbonyl (C=O) groups is 6. The van der Waals surface area contributed by atoms with Crippen molar-refractivity contribution in [1.29, 1.82) is 0 Å². The van der Waals surface area contributed by atoms with Crippen LogP contribution < -0.4 is 0 Å². The lowest BCUT2D eigenvalue weighted by Crippen LogP contribution is -2.61. The van der Waals surface area contributed by atoms with Crippen molar-refractivity contribution in [3.63, 3.8) is 0 Å². The second-order valence-electron chi connectivity index (χ2n) is 14.8. The molecular formula is C40H38F6N6O14S. The second kappa shape index (κ2) is 20.9. The molecule has 2 aromatic heterocycles. The summed E-state index contributed by atoms with van der Waals surface area (Å²) in [6.45, 7) is 4.83. The summed E-state index contributed by atoms with van der Waals surface area (Å²) < 4.78 is 133. The Morgan fingerprint density at radius 3 is 1.13 bits per heavy atom. The molecule has 10 atom stereocenters. The lowest BCUT2D eigenvalue weighted by molar-refractivity contribution is -0.217. The Balaban J connectivity index is 1.50. The van der Waals surface area contributed by atoms with Gasteiger partial charge in [-0.2, -0.15) is 0 Å². The largest absolute Gasteiger partial charge is 0.463 e. The van der Waals surface area contributed by atoms with Gasteiger partial charge in [0, 0.05) is 52.7 Å². The molecular weight excluding hydrogens is 935 g/mol. The molecule has 4 aromatic rings. The summed E-state index contributed by atoms with van der Waals surface area (Å²) in [5.41, 5.74) is -4.33. The zero-order chi connectivity index (χ0) is 49.0. The fourth-order valence-corrected chi connectivity index (χ4v) is 8.66. The van der Waals surface area contributed by atoms with Crippen LogP contribution in [0.5, 0.6) is 0 Å². The van der Waals surface area contributed by atoms with Gasteiger partial charge in [0.25, 0.3) is 0 Å². The maximum Gasteiger partial charge on any atom is 0.303 e. The average molecular weight is 973 g/mol. The molecule has 6 unspecified atom stereocenters. The van der Waals surface area contributed by atoms with Crippen LogP contribution in [-0.2, 0) is 66.7 Å². The summed E-state index contributed by atoms with van der Waals surface area (Å²) in [5.74, 6) is -15.3. The van der Waals surface area contributed by atoms with Crippen molar-refractivity contribution in [2.45, 2.75) is 101 Å². The third kappa shape index (κ3) is 11.7. The molecule has 0 saturated carbocycles. The smallest absolute Gasteiger partial charge is 0.303 e. The number of nitrogens with zero attached hydrogens (tertiary/aromatic N) is 6. The van der Waals surface area contributed by atoms with Crippen molar-refractivity contribution >= 4 is 47.6 Å². The number of thioether (sulfide) groups is 1. The highest BCUT2D eigenvalue weighted by molar-refractivity contribution is 8.00. The van der Waals surface area contributed by atoms with Gasteiger partial charge in [-0.3, -0.25) is 28.8 Å². The first-order chi connectivity index (χ1) is 31.6. The molecule has 2 saturated heterocycles. The van der Waals surface area contributed by atoms with Crippen LogP contribution >= 0.6 is 11.8 Å². The van der Waals surface area contributed by atoms with E-state index in [1.54, 1.807) is 0 Å². The number of ether oxygens (including phenoxy) is 8. The number of aromatic nitrogens is 6. The molecule has 6 rings (SSSR count). The highest BCUT2D eigenvalue weighted by Gasteiger charge is 2.57. The van der Waals surface area contributed by atoms with E-state index in [1.807, 2.05) is 0 Å². The summed E-state index contributed by atoms with van der Waals surface area (Å²) in [5, 5.41) is 16.0. The molecule has 2 fully saturated rings. The molecule has 360 valence electrons. The van der Waals surface area contributed by atoms with Gasteiger partial charge in [-0.25, -0.2) is 35.7 Å². The normalized spacial score (nSPS) is 24.8. The Labute approximate surface area is 378 Å². The van der Waals surface area contributed by atoms with Gasteiger partial charge < -0.3 is 37.9 Å². The van der Waals surface area contributed by atoms with E-state index in [0.29, 0.717) is 36.0 Å². The van der Waals surface area contributed by atoms with Gasteiger partial charge >= 0.3 is 35.8 Å². The first kappa shape index (κ1) is 49.8. The van der Waals surface area contributed by atoms with Crippen LogP contribution in [0.1, 0.15) is 53.6 Å². The van der Waals surface area contributed by atoms with Crippen LogP contribution in [0.25, 0.3) is 22.5 Å². The first-order valence-electron chi connectivity index (χ1n) is 19.7. The summed E-state index contributed by atoms with van der Waals surface area (Å²) in [7, 11) is 0. The lowest BCUT2D eigenvalue weighted by atomic mass is 9.96. The molecule has 0 N–H and O–H groups in total. The van der Waals surface area contributed by atoms with Crippen molar-refractivity contribution in [2.75, 3.05) is 13.2 Å². The Bertz CT molecular complexity index is 2330. The SMILES string of the molecule is CC(=O)OCC1O[C@@H](SC2O[C@H](COC(C)=O)C(OC(C)=O)C(n3cc(-c4cc(F)c(F)c(F)c4)nn3)[C@H]2OC(C)=O)C(OC(C)=O)C(n2cc(-c3cc(F)c(F)c(F)c3)nn2)[C@H]1OC(C)=O. The molecule has 67 heavy (non-hydrogen) atoms. The van der Waals surface area contributed by atoms with Crippen LogP contribution in [0, 0.1) is 34.9 Å². The summed E-state index contributed by atoms with van der Waals surface area (Å²) in [6, 6.07) is -0.572. The van der Waals surface area contributed by atoms with Crippen molar-refractivity contribution in [3.05, 3.63) is 71.6 Å². The minimum absolute atomic E-state index is 0.260. The standard InChI is InChI=1S/C40H38F6N6O14S/c1-15(53)59-13-29-35(61-17(3)55)33(51-11-27(47-49-51)21-7-23(41)31(45)24(42)8-21)37(63-19(5)57)39(65-29)67-40-38(64-20(6)58)34(36(62-18(4)56)30(66-40)14-60-16(2)54)52-12-28(48-50-52)22-9-25(43)32(46)26(44)10-22/h7-12,29-30,33-40H,13-14H2,1-6H3/t29-,30?,33?,34?,35?,36+,37-,38?,39?,40+/m1/s1. The number of benzene rings is 2. The topological polar surface area (TPSA) is 238 Å². The molecule has 2 aliphatic rings. The number of esters is 6. The Hall–Kier alpha value is -6.61. The molecule has 27 heteroatoms. The number of hydrogen-bond acceptors (Lipinski definition) is 19. The Kier molecular flexibility index (Phi) is 15.6. The Morgan fingerprint density at radius 2 is 0.836 bits per heavy atom. The fraction of sp³-hybridized carbons (Fsp3) is 0.450. The van der Waals surface area contributed by atoms with Gasteiger partial charge in [-0.1, -0.05) is 22.2 Å². The Morgan fingerprint density at radius 1 is 0.522 bits per heavy atom. The molecule has 0 radical (unpaired) electrons. The quantitative estimate of drug-likeness (QED) is 0.0755. The average Bonchev–Trinajstić information content (AvgIpc) is 3.93. The molecule has 0 aliphatic carbocycles. The minimum atomic E-state index is -1.77. The van der Waals surface area contributed by atoms with Crippen LogP contribution in [0.3, 0.4) is 0 Å². The molecule has 20 nitrogen and oxygen atoms in total. The zero-order valence-electron chi connectivity index (χ0n) is 35.7. The van der Waals surface area contributed by atoms with Crippen molar-refractivity contribution in [3.8, 4) is 22.5 Å². The second-order valence-corrected chi connectivity index (χ2v) is 16.0. The van der Waals surface area contributed by atoms with E-state index in [1.165, 1.54) is 0 Å². The van der Waals surface area contributed by atoms with E-state index in [2.05, 4.69) is 20.6 Å². The summed E-state index contributed by atoms with van der Waals surface area (Å²) in [4.78, 5) is 75.5. The van der Waals surface area contributed by atoms with E-state index >= 15 is 0 Å². The predicted octanol–water partition coefficient (Wildman–Crippen LogP) is 3.86. The fourth-order valence-electron chi connectivity index (χ4n) is 7.24. The van der Waals surface area contributed by atoms with Crippen molar-refractivity contribution < 1.29 is 93.0 Å². The highest BCUT2D eigenvalue weighted by atomic mass is 32.2. The van der Waals surface area contributed by atoms with E-state index in [-0.39, 0.29) is 22.5 Å². The zero-order valence-corrected chi connectivity index (χ0v) is 36.5. The maximum atomic E-state index is 14.4. The highest BCUT2D eigenvalue weighted by Crippen LogP contribution is 2.46. The van der Waals surface area contributed by atoms with Crippen LogP contribution in [0.4, 0.5) is 26.3 Å². The van der Waals surface area contributed by atoms with E-state index in [4.69, 9.17) is 37.9 Å². The third-order valence-corrected chi connectivity index (χ3v) is 11.1. The summed E-state index contributed by atoms with van der Waals surface area (Å²) in [6.07, 6.45) is -7.32. The van der Waals surface area contributed by atoms with Crippen molar-refractivity contribution in [1.82, 2.24) is 30.0 Å². The van der Waals surface area contributed by atoms with E-state index in [0.717, 1.165) is 63.3 Å².